The third-order valence-electron chi connectivity index (χ3n) is 4.60. The summed E-state index contributed by atoms with van der Waals surface area (Å²) in [5.74, 6) is 0.706. The molecule has 0 saturated heterocycles. The first kappa shape index (κ1) is 16.4. The van der Waals surface area contributed by atoms with Crippen LogP contribution in [-0.2, 0) is 14.3 Å². The Kier molecular flexibility index (Phi) is 6.27. The Hall–Kier alpha value is -0.610. The molecule has 1 rings (SSSR count). The lowest BCUT2D eigenvalue weighted by atomic mass is 9.85. The molecule has 1 N–H and O–H groups in total. The van der Waals surface area contributed by atoms with Crippen molar-refractivity contribution in [3.8, 4) is 0 Å². The molecule has 4 nitrogen and oxygen atoms in total. The summed E-state index contributed by atoms with van der Waals surface area (Å²) in [4.78, 5) is 12.1. The van der Waals surface area contributed by atoms with Crippen LogP contribution >= 0.6 is 0 Å². The highest BCUT2D eigenvalue weighted by Crippen LogP contribution is 2.38. The fourth-order valence-electron chi connectivity index (χ4n) is 2.94. The van der Waals surface area contributed by atoms with Crippen LogP contribution in [0.1, 0.15) is 46.5 Å². The van der Waals surface area contributed by atoms with Gasteiger partial charge in [-0.05, 0) is 45.1 Å². The van der Waals surface area contributed by atoms with Gasteiger partial charge in [-0.1, -0.05) is 20.3 Å². The molecule has 0 aliphatic heterocycles. The molecule has 19 heavy (non-hydrogen) atoms. The molecule has 0 spiro atoms. The van der Waals surface area contributed by atoms with E-state index in [0.29, 0.717) is 18.4 Å². The van der Waals surface area contributed by atoms with E-state index in [-0.39, 0.29) is 12.1 Å². The maximum absolute atomic E-state index is 12.1. The summed E-state index contributed by atoms with van der Waals surface area (Å²) in [6.07, 6.45) is 4.17. The van der Waals surface area contributed by atoms with E-state index in [9.17, 15) is 4.79 Å². The van der Waals surface area contributed by atoms with Crippen LogP contribution in [-0.4, -0.2) is 38.4 Å². The van der Waals surface area contributed by atoms with Gasteiger partial charge >= 0.3 is 5.97 Å². The second-order valence-electron chi connectivity index (χ2n) is 5.91. The Morgan fingerprint density at radius 2 is 2.11 bits per heavy atom. The molecule has 1 aliphatic rings. The molecule has 1 aliphatic carbocycles. The zero-order valence-corrected chi connectivity index (χ0v) is 13.0. The van der Waals surface area contributed by atoms with Crippen LogP contribution in [0, 0.1) is 11.8 Å². The van der Waals surface area contributed by atoms with Crippen LogP contribution in [0.15, 0.2) is 0 Å². The lowest BCUT2D eigenvalue weighted by Crippen LogP contribution is -2.54. The fourth-order valence-corrected chi connectivity index (χ4v) is 2.94. The van der Waals surface area contributed by atoms with Crippen molar-refractivity contribution in [2.24, 2.45) is 11.8 Å². The topological polar surface area (TPSA) is 47.6 Å². The first-order valence-corrected chi connectivity index (χ1v) is 7.36. The quantitative estimate of drug-likeness (QED) is 0.722. The molecular weight excluding hydrogens is 242 g/mol. The van der Waals surface area contributed by atoms with Gasteiger partial charge in [0, 0.05) is 6.61 Å². The summed E-state index contributed by atoms with van der Waals surface area (Å²) >= 11 is 0. The standard InChI is InChI=1S/C15H29NO3/c1-11(2)12(3)19-10-8-13-7-6-9-15(13,16-4)14(17)18-5/h11-13,16H,6-10H2,1-5H3. The minimum Gasteiger partial charge on any atom is -0.468 e. The Bertz CT molecular complexity index is 293. The van der Waals surface area contributed by atoms with Crippen molar-refractivity contribution >= 4 is 5.97 Å². The molecule has 0 heterocycles. The van der Waals surface area contributed by atoms with E-state index in [1.165, 1.54) is 7.11 Å². The summed E-state index contributed by atoms with van der Waals surface area (Å²) in [5.41, 5.74) is -0.501. The van der Waals surface area contributed by atoms with E-state index < -0.39 is 5.54 Å². The van der Waals surface area contributed by atoms with Crippen LogP contribution < -0.4 is 5.32 Å². The van der Waals surface area contributed by atoms with Crippen molar-refractivity contribution in [2.45, 2.75) is 58.1 Å². The highest BCUT2D eigenvalue weighted by atomic mass is 16.5. The van der Waals surface area contributed by atoms with Crippen LogP contribution in [0.2, 0.25) is 0 Å². The van der Waals surface area contributed by atoms with Crippen molar-refractivity contribution < 1.29 is 14.3 Å². The van der Waals surface area contributed by atoms with Gasteiger partial charge in [-0.3, -0.25) is 4.79 Å². The Morgan fingerprint density at radius 1 is 1.42 bits per heavy atom. The SMILES string of the molecule is CNC1(C(=O)OC)CCCC1CCOC(C)C(C)C. The summed E-state index contributed by atoms with van der Waals surface area (Å²) in [7, 11) is 3.32. The molecule has 0 aromatic heterocycles. The number of carbonyl (C=O) groups excluding carboxylic acids is 1. The number of likely N-dealkylation sites (N-methyl/N-ethyl adjacent to an activating group) is 1. The van der Waals surface area contributed by atoms with E-state index in [0.717, 1.165) is 25.7 Å². The second-order valence-corrected chi connectivity index (χ2v) is 5.91. The van der Waals surface area contributed by atoms with E-state index in [2.05, 4.69) is 26.1 Å². The zero-order valence-electron chi connectivity index (χ0n) is 13.0. The predicted octanol–water partition coefficient (Wildman–Crippen LogP) is 2.37. The first-order valence-electron chi connectivity index (χ1n) is 7.36. The predicted molar refractivity (Wildman–Crippen MR) is 76.0 cm³/mol. The minimum absolute atomic E-state index is 0.130. The number of ether oxygens (including phenoxy) is 2. The second kappa shape index (κ2) is 7.25. The molecule has 3 atom stereocenters. The molecule has 0 radical (unpaired) electrons. The van der Waals surface area contributed by atoms with Gasteiger partial charge in [0.1, 0.15) is 5.54 Å². The molecular formula is C15H29NO3. The van der Waals surface area contributed by atoms with Crippen LogP contribution in [0.5, 0.6) is 0 Å². The van der Waals surface area contributed by atoms with Crippen molar-refractivity contribution in [1.82, 2.24) is 5.32 Å². The molecule has 0 aromatic rings. The third-order valence-corrected chi connectivity index (χ3v) is 4.60. The van der Waals surface area contributed by atoms with Gasteiger partial charge in [0.2, 0.25) is 0 Å². The number of carbonyl (C=O) groups is 1. The van der Waals surface area contributed by atoms with E-state index in [1.54, 1.807) is 0 Å². The largest absolute Gasteiger partial charge is 0.468 e. The highest BCUT2D eigenvalue weighted by Gasteiger charge is 2.48. The lowest BCUT2D eigenvalue weighted by Gasteiger charge is -2.32. The van der Waals surface area contributed by atoms with Crippen LogP contribution in [0.4, 0.5) is 0 Å². The number of hydrogen-bond acceptors (Lipinski definition) is 4. The molecule has 112 valence electrons. The zero-order chi connectivity index (χ0) is 14.5. The number of hydrogen-bond donors (Lipinski definition) is 1. The van der Waals surface area contributed by atoms with Crippen molar-refractivity contribution in [2.75, 3.05) is 20.8 Å². The average molecular weight is 271 g/mol. The maximum Gasteiger partial charge on any atom is 0.326 e. The van der Waals surface area contributed by atoms with E-state index >= 15 is 0 Å². The van der Waals surface area contributed by atoms with Gasteiger partial charge in [-0.15, -0.1) is 0 Å². The number of esters is 1. The third kappa shape index (κ3) is 3.69. The minimum atomic E-state index is -0.501. The van der Waals surface area contributed by atoms with Gasteiger partial charge in [-0.25, -0.2) is 0 Å². The molecule has 4 heteroatoms. The highest BCUT2D eigenvalue weighted by molar-refractivity contribution is 5.81. The Balaban J connectivity index is 2.54. The number of rotatable bonds is 7. The van der Waals surface area contributed by atoms with E-state index in [4.69, 9.17) is 9.47 Å². The molecule has 0 amide bonds. The van der Waals surface area contributed by atoms with Crippen molar-refractivity contribution in [1.29, 1.82) is 0 Å². The van der Waals surface area contributed by atoms with Gasteiger partial charge < -0.3 is 14.8 Å². The summed E-state index contributed by atoms with van der Waals surface area (Å²) in [6, 6.07) is 0. The van der Waals surface area contributed by atoms with Crippen molar-refractivity contribution in [3.63, 3.8) is 0 Å². The van der Waals surface area contributed by atoms with Gasteiger partial charge in [0.05, 0.1) is 13.2 Å². The monoisotopic (exact) mass is 271 g/mol. The number of nitrogens with one attached hydrogen (secondary N) is 1. The molecule has 0 bridgehead atoms. The smallest absolute Gasteiger partial charge is 0.326 e. The Morgan fingerprint density at radius 3 is 2.63 bits per heavy atom. The van der Waals surface area contributed by atoms with Crippen molar-refractivity contribution in [3.05, 3.63) is 0 Å². The average Bonchev–Trinajstić information content (AvgIpc) is 2.81. The molecule has 1 fully saturated rings. The molecule has 0 aromatic carbocycles. The summed E-state index contributed by atoms with van der Waals surface area (Å²) in [5, 5.41) is 3.21. The first-order chi connectivity index (χ1) is 8.97. The molecule has 3 unspecified atom stereocenters. The number of methoxy groups -OCH3 is 1. The van der Waals surface area contributed by atoms with Crippen LogP contribution in [0.25, 0.3) is 0 Å². The molecule has 1 saturated carbocycles. The lowest BCUT2D eigenvalue weighted by molar-refractivity contribution is -0.150. The van der Waals surface area contributed by atoms with Gasteiger partial charge in [0.15, 0.2) is 0 Å². The Labute approximate surface area is 117 Å². The fraction of sp³-hybridized carbons (Fsp3) is 0.933. The summed E-state index contributed by atoms with van der Waals surface area (Å²) < 4.78 is 10.8. The van der Waals surface area contributed by atoms with E-state index in [1.807, 2.05) is 7.05 Å². The van der Waals surface area contributed by atoms with Gasteiger partial charge in [-0.2, -0.15) is 0 Å². The normalized spacial score (nSPS) is 28.6. The van der Waals surface area contributed by atoms with Crippen LogP contribution in [0.3, 0.4) is 0 Å². The maximum atomic E-state index is 12.1. The van der Waals surface area contributed by atoms with Gasteiger partial charge in [0.25, 0.3) is 0 Å². The summed E-state index contributed by atoms with van der Waals surface area (Å²) in [6.45, 7) is 7.13.